The summed E-state index contributed by atoms with van der Waals surface area (Å²) in [4.78, 5) is 0. The molecule has 1 unspecified atom stereocenters. The fourth-order valence-electron chi connectivity index (χ4n) is 2.41. The van der Waals surface area contributed by atoms with Crippen molar-refractivity contribution in [2.45, 2.75) is 31.6 Å². The zero-order valence-electron chi connectivity index (χ0n) is 9.41. The third-order valence-corrected chi connectivity index (χ3v) is 3.34. The van der Waals surface area contributed by atoms with Crippen LogP contribution < -0.4 is 5.32 Å². The van der Waals surface area contributed by atoms with Gasteiger partial charge in [0, 0.05) is 25.7 Å². The Kier molecular flexibility index (Phi) is 4.38. The summed E-state index contributed by atoms with van der Waals surface area (Å²) in [5.74, 6) is 0.705. The van der Waals surface area contributed by atoms with Crippen LogP contribution >= 0.6 is 0 Å². The lowest BCUT2D eigenvalue weighted by molar-refractivity contribution is -0.0604. The van der Waals surface area contributed by atoms with Crippen molar-refractivity contribution in [3.63, 3.8) is 0 Å². The van der Waals surface area contributed by atoms with Crippen molar-refractivity contribution < 1.29 is 14.2 Å². The van der Waals surface area contributed by atoms with Gasteiger partial charge in [0.15, 0.2) is 6.29 Å². The molecule has 4 heteroatoms. The average molecular weight is 215 g/mol. The molecule has 0 radical (unpaired) electrons. The lowest BCUT2D eigenvalue weighted by Gasteiger charge is -2.31. The minimum Gasteiger partial charge on any atom is -0.381 e. The summed E-state index contributed by atoms with van der Waals surface area (Å²) >= 11 is 0. The van der Waals surface area contributed by atoms with Gasteiger partial charge < -0.3 is 19.5 Å². The molecule has 2 rings (SSSR count). The second-order valence-corrected chi connectivity index (χ2v) is 4.25. The van der Waals surface area contributed by atoms with Crippen LogP contribution in [0.2, 0.25) is 0 Å². The highest BCUT2D eigenvalue weighted by molar-refractivity contribution is 4.79. The zero-order chi connectivity index (χ0) is 10.5. The molecule has 0 aliphatic carbocycles. The maximum absolute atomic E-state index is 5.48. The van der Waals surface area contributed by atoms with Crippen LogP contribution in [-0.4, -0.2) is 45.8 Å². The van der Waals surface area contributed by atoms with Crippen LogP contribution in [0.4, 0.5) is 0 Å². The van der Waals surface area contributed by atoms with Crippen LogP contribution in [0.1, 0.15) is 19.3 Å². The summed E-state index contributed by atoms with van der Waals surface area (Å²) in [6.45, 7) is 3.29. The van der Waals surface area contributed by atoms with Gasteiger partial charge in [-0.2, -0.15) is 0 Å². The van der Waals surface area contributed by atoms with Crippen molar-refractivity contribution >= 4 is 0 Å². The Labute approximate surface area is 91.3 Å². The molecule has 2 aliphatic heterocycles. The molecule has 88 valence electrons. The van der Waals surface area contributed by atoms with E-state index in [4.69, 9.17) is 14.2 Å². The zero-order valence-corrected chi connectivity index (χ0v) is 9.41. The molecule has 1 N–H and O–H groups in total. The number of rotatable bonds is 4. The molecule has 0 saturated carbocycles. The van der Waals surface area contributed by atoms with E-state index in [1.165, 1.54) is 0 Å². The quantitative estimate of drug-likeness (QED) is 0.751. The van der Waals surface area contributed by atoms with Crippen LogP contribution in [0, 0.1) is 5.92 Å². The smallest absolute Gasteiger partial charge is 0.159 e. The first-order valence-electron chi connectivity index (χ1n) is 5.88. The Morgan fingerprint density at radius 3 is 2.40 bits per heavy atom. The van der Waals surface area contributed by atoms with E-state index in [0.717, 1.165) is 45.7 Å². The largest absolute Gasteiger partial charge is 0.381 e. The van der Waals surface area contributed by atoms with E-state index in [1.54, 1.807) is 0 Å². The minimum atomic E-state index is 0.00490. The van der Waals surface area contributed by atoms with Gasteiger partial charge in [0.05, 0.1) is 13.2 Å². The van der Waals surface area contributed by atoms with Gasteiger partial charge in [-0.25, -0.2) is 0 Å². The lowest BCUT2D eigenvalue weighted by Crippen LogP contribution is -2.39. The van der Waals surface area contributed by atoms with E-state index in [1.807, 2.05) is 7.05 Å². The van der Waals surface area contributed by atoms with E-state index in [-0.39, 0.29) is 6.29 Å². The Morgan fingerprint density at radius 2 is 1.80 bits per heavy atom. The molecule has 0 spiro atoms. The summed E-state index contributed by atoms with van der Waals surface area (Å²) in [5, 5.41) is 3.38. The topological polar surface area (TPSA) is 39.7 Å². The summed E-state index contributed by atoms with van der Waals surface area (Å²) in [6, 6.07) is 0.497. The predicted octanol–water partition coefficient (Wildman–Crippen LogP) is 0.764. The molecule has 0 amide bonds. The molecule has 15 heavy (non-hydrogen) atoms. The van der Waals surface area contributed by atoms with Crippen molar-refractivity contribution in [2.75, 3.05) is 33.5 Å². The van der Waals surface area contributed by atoms with Gasteiger partial charge in [0.1, 0.15) is 0 Å². The van der Waals surface area contributed by atoms with Gasteiger partial charge >= 0.3 is 0 Å². The number of ether oxygens (including phenoxy) is 3. The van der Waals surface area contributed by atoms with Gasteiger partial charge in [0.25, 0.3) is 0 Å². The second kappa shape index (κ2) is 5.80. The van der Waals surface area contributed by atoms with E-state index >= 15 is 0 Å². The van der Waals surface area contributed by atoms with Crippen LogP contribution in [0.5, 0.6) is 0 Å². The van der Waals surface area contributed by atoms with Crippen molar-refractivity contribution in [3.05, 3.63) is 0 Å². The first-order chi connectivity index (χ1) is 7.40. The highest BCUT2D eigenvalue weighted by atomic mass is 16.7. The fraction of sp³-hybridized carbons (Fsp3) is 1.00. The monoisotopic (exact) mass is 215 g/mol. The predicted molar refractivity (Wildman–Crippen MR) is 56.7 cm³/mol. The third kappa shape index (κ3) is 3.14. The Balaban J connectivity index is 1.79. The molecule has 2 aliphatic rings. The first-order valence-corrected chi connectivity index (χ1v) is 5.88. The molecule has 4 nitrogen and oxygen atoms in total. The van der Waals surface area contributed by atoms with Crippen molar-refractivity contribution in [3.8, 4) is 0 Å². The van der Waals surface area contributed by atoms with E-state index in [2.05, 4.69) is 5.32 Å². The Bertz CT molecular complexity index is 177. The maximum Gasteiger partial charge on any atom is 0.159 e. The van der Waals surface area contributed by atoms with Gasteiger partial charge in [-0.3, -0.25) is 0 Å². The summed E-state index contributed by atoms with van der Waals surface area (Å²) in [5.41, 5.74) is 0. The molecular weight excluding hydrogens is 194 g/mol. The van der Waals surface area contributed by atoms with Crippen LogP contribution in [-0.2, 0) is 14.2 Å². The van der Waals surface area contributed by atoms with E-state index < -0.39 is 0 Å². The van der Waals surface area contributed by atoms with Crippen molar-refractivity contribution in [1.82, 2.24) is 5.32 Å². The fourth-order valence-corrected chi connectivity index (χ4v) is 2.41. The lowest BCUT2D eigenvalue weighted by atomic mass is 9.89. The van der Waals surface area contributed by atoms with Gasteiger partial charge in [-0.15, -0.1) is 0 Å². The number of hydrogen-bond donors (Lipinski definition) is 1. The Morgan fingerprint density at radius 1 is 1.13 bits per heavy atom. The van der Waals surface area contributed by atoms with Crippen LogP contribution in [0.3, 0.4) is 0 Å². The summed E-state index contributed by atoms with van der Waals surface area (Å²) in [6.07, 6.45) is 3.27. The molecule has 2 fully saturated rings. The van der Waals surface area contributed by atoms with Gasteiger partial charge in [0.2, 0.25) is 0 Å². The van der Waals surface area contributed by atoms with Crippen LogP contribution in [0.25, 0.3) is 0 Å². The normalized spacial score (nSPS) is 27.0. The molecule has 0 aromatic carbocycles. The van der Waals surface area contributed by atoms with Crippen molar-refractivity contribution in [1.29, 1.82) is 0 Å². The van der Waals surface area contributed by atoms with Crippen LogP contribution in [0.15, 0.2) is 0 Å². The number of nitrogens with one attached hydrogen (secondary N) is 1. The van der Waals surface area contributed by atoms with Crippen molar-refractivity contribution in [2.24, 2.45) is 5.92 Å². The highest BCUT2D eigenvalue weighted by Gasteiger charge is 2.27. The summed E-state index contributed by atoms with van der Waals surface area (Å²) < 4.78 is 16.3. The molecule has 1 atom stereocenters. The average Bonchev–Trinajstić information content (AvgIpc) is 2.80. The standard InChI is InChI=1S/C11H21NO3/c1-12-10(8-11-14-6-7-15-11)9-2-4-13-5-3-9/h9-12H,2-8H2,1H3. The first kappa shape index (κ1) is 11.3. The highest BCUT2D eigenvalue weighted by Crippen LogP contribution is 2.23. The van der Waals surface area contributed by atoms with E-state index in [9.17, 15) is 0 Å². The SMILES string of the molecule is CNC(CC1OCCO1)C1CCOCC1. The Hall–Kier alpha value is -0.160. The molecule has 0 aromatic rings. The minimum absolute atomic E-state index is 0.00490. The third-order valence-electron chi connectivity index (χ3n) is 3.34. The van der Waals surface area contributed by atoms with Gasteiger partial charge in [-0.05, 0) is 25.8 Å². The van der Waals surface area contributed by atoms with Gasteiger partial charge in [-0.1, -0.05) is 0 Å². The summed E-state index contributed by atoms with van der Waals surface area (Å²) in [7, 11) is 2.02. The molecule has 2 saturated heterocycles. The maximum atomic E-state index is 5.48. The van der Waals surface area contributed by atoms with E-state index in [0.29, 0.717) is 12.0 Å². The second-order valence-electron chi connectivity index (χ2n) is 4.25. The number of hydrogen-bond acceptors (Lipinski definition) is 4. The molecular formula is C11H21NO3. The molecule has 0 aromatic heterocycles. The molecule has 0 bridgehead atoms. The molecule has 2 heterocycles.